The summed E-state index contributed by atoms with van der Waals surface area (Å²) >= 11 is 0. The molecule has 2 fully saturated rings. The number of carbonyl (C=O) groups excluding carboxylic acids is 1. The Balaban J connectivity index is 1.81. The molecule has 6 heteroatoms. The molecule has 0 aromatic heterocycles. The first-order valence-electron chi connectivity index (χ1n) is 9.31. The second-order valence-corrected chi connectivity index (χ2v) is 7.12. The molecule has 2 unspecified atom stereocenters. The summed E-state index contributed by atoms with van der Waals surface area (Å²) in [4.78, 5) is 15.6. The van der Waals surface area contributed by atoms with Crippen molar-refractivity contribution in [2.24, 2.45) is 5.73 Å². The Bertz CT molecular complexity index is 625. The number of nitrogens with two attached hydrogens (primary N) is 1. The maximum absolute atomic E-state index is 14.9. The molecule has 5 nitrogen and oxygen atoms in total. The number of unbranched alkanes of at least 4 members (excludes halogenated alkanes) is 1. The number of hydrogen-bond acceptors (Lipinski definition) is 4. The van der Waals surface area contributed by atoms with Crippen molar-refractivity contribution in [3.63, 3.8) is 0 Å². The fourth-order valence-corrected chi connectivity index (χ4v) is 3.96. The van der Waals surface area contributed by atoms with Crippen molar-refractivity contribution >= 4 is 17.5 Å². The fraction of sp³-hybridized carbons (Fsp3) is 0.632. The van der Waals surface area contributed by atoms with Gasteiger partial charge in [-0.25, -0.2) is 9.18 Å². The van der Waals surface area contributed by atoms with Crippen LogP contribution in [0.3, 0.4) is 0 Å². The Labute approximate surface area is 148 Å². The average Bonchev–Trinajstić information content (AvgIpc) is 3.15. The predicted molar refractivity (Wildman–Crippen MR) is 97.6 cm³/mol. The number of nitrogens with zero attached hydrogens (tertiary/aromatic N) is 2. The molecule has 1 aromatic rings. The highest BCUT2D eigenvalue weighted by molar-refractivity contribution is 5.90. The molecular weight excluding hydrogens is 321 g/mol. The molecule has 1 amide bonds. The Kier molecular flexibility index (Phi) is 5.47. The van der Waals surface area contributed by atoms with E-state index in [2.05, 4.69) is 18.7 Å². The van der Waals surface area contributed by atoms with E-state index < -0.39 is 6.09 Å². The SMILES string of the molecule is CCCCC1CCC(C)N1c1ccc(N2C[C@H](CN)OC2=O)cc1F. The van der Waals surface area contributed by atoms with Gasteiger partial charge in [0.1, 0.15) is 11.9 Å². The van der Waals surface area contributed by atoms with Crippen LogP contribution in [-0.4, -0.2) is 37.4 Å². The van der Waals surface area contributed by atoms with Crippen molar-refractivity contribution in [1.82, 2.24) is 0 Å². The van der Waals surface area contributed by atoms with E-state index >= 15 is 0 Å². The lowest BCUT2D eigenvalue weighted by molar-refractivity contribution is 0.145. The normalized spacial score (nSPS) is 26.4. The molecule has 25 heavy (non-hydrogen) atoms. The molecule has 0 radical (unpaired) electrons. The summed E-state index contributed by atoms with van der Waals surface area (Å²) in [6, 6.07) is 5.78. The van der Waals surface area contributed by atoms with Gasteiger partial charge in [0.05, 0.1) is 17.9 Å². The summed E-state index contributed by atoms with van der Waals surface area (Å²) in [5, 5.41) is 0. The highest BCUT2D eigenvalue weighted by atomic mass is 19.1. The molecule has 0 aliphatic carbocycles. The number of carbonyl (C=O) groups is 1. The number of benzene rings is 1. The van der Waals surface area contributed by atoms with Crippen LogP contribution in [0.2, 0.25) is 0 Å². The smallest absolute Gasteiger partial charge is 0.414 e. The Hall–Kier alpha value is -1.82. The molecule has 2 saturated heterocycles. The van der Waals surface area contributed by atoms with Gasteiger partial charge < -0.3 is 15.4 Å². The number of amides is 1. The standard InChI is InChI=1S/C19H28FN3O2/c1-3-4-5-14-7-6-13(2)23(14)18-9-8-15(10-17(18)20)22-12-16(11-21)25-19(22)24/h8-10,13-14,16H,3-7,11-12,21H2,1-2H3/t13?,14?,16-/m0/s1. The van der Waals surface area contributed by atoms with Gasteiger partial charge in [-0.1, -0.05) is 19.8 Å². The lowest BCUT2D eigenvalue weighted by Crippen LogP contribution is -2.35. The van der Waals surface area contributed by atoms with Gasteiger partial charge in [-0.15, -0.1) is 0 Å². The molecule has 2 aliphatic rings. The van der Waals surface area contributed by atoms with E-state index in [0.29, 0.717) is 30.0 Å². The zero-order chi connectivity index (χ0) is 18.0. The zero-order valence-electron chi connectivity index (χ0n) is 15.1. The number of rotatable bonds is 6. The van der Waals surface area contributed by atoms with Crippen LogP contribution in [-0.2, 0) is 4.74 Å². The fourth-order valence-electron chi connectivity index (χ4n) is 3.96. The van der Waals surface area contributed by atoms with Gasteiger partial charge in [-0.05, 0) is 44.4 Å². The first-order chi connectivity index (χ1) is 12.0. The summed E-state index contributed by atoms with van der Waals surface area (Å²) in [6.45, 7) is 4.98. The van der Waals surface area contributed by atoms with Crippen LogP contribution >= 0.6 is 0 Å². The van der Waals surface area contributed by atoms with Crippen molar-refractivity contribution in [2.75, 3.05) is 22.9 Å². The maximum atomic E-state index is 14.9. The number of anilines is 2. The minimum Gasteiger partial charge on any atom is -0.443 e. The van der Waals surface area contributed by atoms with Crippen molar-refractivity contribution in [2.45, 2.75) is 64.1 Å². The van der Waals surface area contributed by atoms with E-state index in [1.165, 1.54) is 11.0 Å². The molecular formula is C19H28FN3O2. The molecule has 2 aliphatic heterocycles. The predicted octanol–water partition coefficient (Wildman–Crippen LogP) is 3.66. The van der Waals surface area contributed by atoms with Gasteiger partial charge in [0.15, 0.2) is 0 Å². The molecule has 138 valence electrons. The van der Waals surface area contributed by atoms with Crippen LogP contribution in [0.25, 0.3) is 0 Å². The number of cyclic esters (lactones) is 1. The van der Waals surface area contributed by atoms with Crippen LogP contribution in [0.5, 0.6) is 0 Å². The molecule has 3 rings (SSSR count). The highest BCUT2D eigenvalue weighted by Crippen LogP contribution is 2.36. The van der Waals surface area contributed by atoms with Crippen LogP contribution < -0.4 is 15.5 Å². The summed E-state index contributed by atoms with van der Waals surface area (Å²) in [7, 11) is 0. The van der Waals surface area contributed by atoms with E-state index in [4.69, 9.17) is 10.5 Å². The monoisotopic (exact) mass is 349 g/mol. The van der Waals surface area contributed by atoms with Gasteiger partial charge in [0.2, 0.25) is 0 Å². The third kappa shape index (κ3) is 3.59. The molecule has 3 atom stereocenters. The highest BCUT2D eigenvalue weighted by Gasteiger charge is 2.34. The zero-order valence-corrected chi connectivity index (χ0v) is 15.1. The topological polar surface area (TPSA) is 58.8 Å². The quantitative estimate of drug-likeness (QED) is 0.851. The van der Waals surface area contributed by atoms with Crippen LogP contribution in [0.15, 0.2) is 18.2 Å². The molecule has 0 bridgehead atoms. The summed E-state index contributed by atoms with van der Waals surface area (Å²) < 4.78 is 20.0. The van der Waals surface area contributed by atoms with E-state index in [0.717, 1.165) is 32.1 Å². The maximum Gasteiger partial charge on any atom is 0.414 e. The Morgan fingerprint density at radius 1 is 1.36 bits per heavy atom. The number of hydrogen-bond donors (Lipinski definition) is 1. The minimum atomic E-state index is -0.460. The second-order valence-electron chi connectivity index (χ2n) is 7.12. The van der Waals surface area contributed by atoms with Gasteiger partial charge in [-0.3, -0.25) is 4.90 Å². The Morgan fingerprint density at radius 2 is 2.16 bits per heavy atom. The van der Waals surface area contributed by atoms with E-state index in [1.807, 2.05) is 0 Å². The van der Waals surface area contributed by atoms with Gasteiger partial charge in [0.25, 0.3) is 0 Å². The lowest BCUT2D eigenvalue weighted by atomic mass is 10.1. The largest absolute Gasteiger partial charge is 0.443 e. The molecule has 0 spiro atoms. The Morgan fingerprint density at radius 3 is 2.80 bits per heavy atom. The first-order valence-corrected chi connectivity index (χ1v) is 9.31. The van der Waals surface area contributed by atoms with Crippen molar-refractivity contribution in [3.8, 4) is 0 Å². The van der Waals surface area contributed by atoms with E-state index in [9.17, 15) is 9.18 Å². The van der Waals surface area contributed by atoms with Crippen molar-refractivity contribution < 1.29 is 13.9 Å². The first kappa shape index (κ1) is 18.0. The second kappa shape index (κ2) is 7.60. The van der Waals surface area contributed by atoms with Crippen LogP contribution in [0, 0.1) is 5.82 Å². The molecule has 0 saturated carbocycles. The summed E-state index contributed by atoms with van der Waals surface area (Å²) in [5.41, 5.74) is 6.72. The molecule has 1 aromatic carbocycles. The van der Waals surface area contributed by atoms with Crippen molar-refractivity contribution in [1.29, 1.82) is 0 Å². The van der Waals surface area contributed by atoms with E-state index in [1.54, 1.807) is 12.1 Å². The molecule has 2 heterocycles. The van der Waals surface area contributed by atoms with Gasteiger partial charge >= 0.3 is 6.09 Å². The lowest BCUT2D eigenvalue weighted by Gasteiger charge is -2.31. The summed E-state index contributed by atoms with van der Waals surface area (Å²) in [5.74, 6) is -0.281. The van der Waals surface area contributed by atoms with Gasteiger partial charge in [0, 0.05) is 18.6 Å². The van der Waals surface area contributed by atoms with Crippen LogP contribution in [0.4, 0.5) is 20.6 Å². The molecule has 2 N–H and O–H groups in total. The third-order valence-corrected chi connectivity index (χ3v) is 5.33. The number of ether oxygens (including phenoxy) is 1. The van der Waals surface area contributed by atoms with Gasteiger partial charge in [-0.2, -0.15) is 0 Å². The third-order valence-electron chi connectivity index (χ3n) is 5.33. The number of halogens is 1. The van der Waals surface area contributed by atoms with Crippen LogP contribution in [0.1, 0.15) is 46.0 Å². The van der Waals surface area contributed by atoms with E-state index in [-0.39, 0.29) is 18.5 Å². The summed E-state index contributed by atoms with van der Waals surface area (Å²) in [6.07, 6.45) is 4.82. The minimum absolute atomic E-state index is 0.271. The van der Waals surface area contributed by atoms with Crippen molar-refractivity contribution in [3.05, 3.63) is 24.0 Å². The average molecular weight is 349 g/mol.